The molecule has 2 aromatic rings. The van der Waals surface area contributed by atoms with Crippen molar-refractivity contribution in [1.29, 1.82) is 0 Å². The molecule has 2 aromatic carbocycles. The monoisotopic (exact) mass is 515 g/mol. The van der Waals surface area contributed by atoms with Gasteiger partial charge in [-0.3, -0.25) is 4.79 Å². The van der Waals surface area contributed by atoms with Crippen LogP contribution in [0.5, 0.6) is 5.75 Å². The zero-order valence-electron chi connectivity index (χ0n) is 21.0. The average molecular weight is 516 g/mol. The predicted molar refractivity (Wildman–Crippen MR) is 134 cm³/mol. The maximum atomic E-state index is 12.8. The van der Waals surface area contributed by atoms with Gasteiger partial charge in [-0.2, -0.15) is 0 Å². The Morgan fingerprint density at radius 2 is 1.89 bits per heavy atom. The summed E-state index contributed by atoms with van der Waals surface area (Å²) >= 11 is 0. The van der Waals surface area contributed by atoms with Crippen LogP contribution < -0.4 is 14.8 Å². The van der Waals surface area contributed by atoms with Crippen molar-refractivity contribution >= 4 is 22.0 Å². The molecule has 0 aliphatic carbocycles. The SMILES string of the molecule is CNS(=O)(=O)c1ccc(C2CCN(C(=O)OC(C)(C)C)CC2COc2ccc3c(c2)C(=O)NC3)cc1. The van der Waals surface area contributed by atoms with E-state index in [0.29, 0.717) is 44.0 Å². The molecule has 1 fully saturated rings. The third kappa shape index (κ3) is 5.82. The maximum absolute atomic E-state index is 12.8. The topological polar surface area (TPSA) is 114 Å². The summed E-state index contributed by atoms with van der Waals surface area (Å²) in [6.07, 6.45) is 0.313. The summed E-state index contributed by atoms with van der Waals surface area (Å²) in [5, 5.41) is 2.80. The van der Waals surface area contributed by atoms with Crippen LogP contribution in [0, 0.1) is 5.92 Å². The number of hydrogen-bond acceptors (Lipinski definition) is 6. The highest BCUT2D eigenvalue weighted by molar-refractivity contribution is 7.89. The van der Waals surface area contributed by atoms with Gasteiger partial charge in [0.05, 0.1) is 11.5 Å². The molecule has 0 saturated carbocycles. The second-order valence-electron chi connectivity index (χ2n) is 10.2. The second-order valence-corrected chi connectivity index (χ2v) is 12.1. The number of hydrogen-bond donors (Lipinski definition) is 2. The van der Waals surface area contributed by atoms with Crippen molar-refractivity contribution < 1.29 is 27.5 Å². The molecule has 2 amide bonds. The summed E-state index contributed by atoms with van der Waals surface area (Å²) in [5.41, 5.74) is 1.94. The van der Waals surface area contributed by atoms with Gasteiger partial charge in [0.25, 0.3) is 5.91 Å². The number of carbonyl (C=O) groups is 2. The molecule has 0 bridgehead atoms. The third-order valence-corrected chi connectivity index (χ3v) is 7.93. The molecule has 9 nitrogen and oxygen atoms in total. The van der Waals surface area contributed by atoms with E-state index in [2.05, 4.69) is 10.0 Å². The number of ether oxygens (including phenoxy) is 2. The Bertz CT molecular complexity index is 1240. The lowest BCUT2D eigenvalue weighted by molar-refractivity contribution is 0.0111. The third-order valence-electron chi connectivity index (χ3n) is 6.50. The molecule has 2 aliphatic rings. The number of nitrogens with zero attached hydrogens (tertiary/aromatic N) is 1. The van der Waals surface area contributed by atoms with Gasteiger partial charge in [-0.15, -0.1) is 0 Å². The van der Waals surface area contributed by atoms with Crippen LogP contribution in [0.15, 0.2) is 47.4 Å². The zero-order valence-corrected chi connectivity index (χ0v) is 21.9. The van der Waals surface area contributed by atoms with E-state index in [4.69, 9.17) is 9.47 Å². The number of benzene rings is 2. The highest BCUT2D eigenvalue weighted by Gasteiger charge is 2.35. The molecule has 2 unspecified atom stereocenters. The standard InChI is InChI=1S/C26H33N3O6S/c1-26(2,3)35-25(31)29-12-11-22(17-6-9-21(10-7-17)36(32,33)27-4)19(15-29)16-34-20-8-5-18-14-28-24(30)23(18)13-20/h5-10,13,19,22,27H,11-12,14-16H2,1-4H3,(H,28,30). The van der Waals surface area contributed by atoms with Gasteiger partial charge < -0.3 is 19.7 Å². The molecule has 2 N–H and O–H groups in total. The second kappa shape index (κ2) is 10.1. The van der Waals surface area contributed by atoms with Crippen LogP contribution in [0.25, 0.3) is 0 Å². The minimum Gasteiger partial charge on any atom is -0.493 e. The number of rotatable bonds is 6. The summed E-state index contributed by atoms with van der Waals surface area (Å²) < 4.78 is 38.3. The highest BCUT2D eigenvalue weighted by Crippen LogP contribution is 2.35. The number of piperidine rings is 1. The van der Waals surface area contributed by atoms with Crippen molar-refractivity contribution in [2.75, 3.05) is 26.7 Å². The number of sulfonamides is 1. The van der Waals surface area contributed by atoms with E-state index >= 15 is 0 Å². The van der Waals surface area contributed by atoms with Crippen molar-refractivity contribution in [3.63, 3.8) is 0 Å². The van der Waals surface area contributed by atoms with Crippen LogP contribution >= 0.6 is 0 Å². The minimum atomic E-state index is -3.53. The first-order valence-electron chi connectivity index (χ1n) is 12.0. The molecule has 0 aromatic heterocycles. The van der Waals surface area contributed by atoms with Crippen molar-refractivity contribution in [2.24, 2.45) is 5.92 Å². The molecular formula is C26H33N3O6S. The number of nitrogens with one attached hydrogen (secondary N) is 2. The molecule has 2 atom stereocenters. The Hall–Kier alpha value is -3.11. The fourth-order valence-corrected chi connectivity index (χ4v) is 5.36. The first-order chi connectivity index (χ1) is 17.0. The molecular weight excluding hydrogens is 482 g/mol. The number of carbonyl (C=O) groups excluding carboxylic acids is 2. The van der Waals surface area contributed by atoms with Crippen LogP contribution in [0.3, 0.4) is 0 Å². The summed E-state index contributed by atoms with van der Waals surface area (Å²) in [4.78, 5) is 26.7. The lowest BCUT2D eigenvalue weighted by Gasteiger charge is -2.39. The molecule has 2 aliphatic heterocycles. The quantitative estimate of drug-likeness (QED) is 0.611. The molecule has 0 spiro atoms. The lowest BCUT2D eigenvalue weighted by atomic mass is 9.81. The molecule has 1 saturated heterocycles. The molecule has 0 radical (unpaired) electrons. The van der Waals surface area contributed by atoms with E-state index in [1.807, 2.05) is 45.0 Å². The number of likely N-dealkylation sites (tertiary alicyclic amines) is 1. The molecule has 2 heterocycles. The molecule has 194 valence electrons. The lowest BCUT2D eigenvalue weighted by Crippen LogP contribution is -2.46. The normalized spacial score (nSPS) is 20.0. The predicted octanol–water partition coefficient (Wildman–Crippen LogP) is 3.26. The van der Waals surface area contributed by atoms with Crippen LogP contribution in [-0.4, -0.2) is 57.7 Å². The van der Waals surface area contributed by atoms with Gasteiger partial charge in [0, 0.05) is 31.1 Å². The summed E-state index contributed by atoms with van der Waals surface area (Å²) in [6.45, 7) is 7.30. The molecule has 36 heavy (non-hydrogen) atoms. The van der Waals surface area contributed by atoms with Crippen molar-refractivity contribution in [3.8, 4) is 5.75 Å². The van der Waals surface area contributed by atoms with Crippen molar-refractivity contribution in [3.05, 3.63) is 59.2 Å². The zero-order chi connectivity index (χ0) is 26.1. The molecule has 4 rings (SSSR count). The minimum absolute atomic E-state index is 0.0488. The number of fused-ring (bicyclic) bond motifs is 1. The van der Waals surface area contributed by atoms with Gasteiger partial charge in [-0.25, -0.2) is 17.9 Å². The van der Waals surface area contributed by atoms with E-state index in [1.54, 1.807) is 23.1 Å². The summed E-state index contributed by atoms with van der Waals surface area (Å²) in [6, 6.07) is 12.3. The smallest absolute Gasteiger partial charge is 0.410 e. The van der Waals surface area contributed by atoms with E-state index in [1.165, 1.54) is 7.05 Å². The van der Waals surface area contributed by atoms with E-state index in [0.717, 1.165) is 11.1 Å². The first-order valence-corrected chi connectivity index (χ1v) is 13.5. The fourth-order valence-electron chi connectivity index (χ4n) is 4.63. The first kappa shape index (κ1) is 26.0. The van der Waals surface area contributed by atoms with Crippen molar-refractivity contribution in [2.45, 2.75) is 50.2 Å². The Morgan fingerprint density at radius 1 is 1.17 bits per heavy atom. The Labute approximate surface area is 212 Å². The van der Waals surface area contributed by atoms with Crippen LogP contribution in [-0.2, 0) is 21.3 Å². The van der Waals surface area contributed by atoms with E-state index in [-0.39, 0.29) is 28.7 Å². The van der Waals surface area contributed by atoms with Crippen molar-refractivity contribution in [1.82, 2.24) is 14.9 Å². The van der Waals surface area contributed by atoms with E-state index in [9.17, 15) is 18.0 Å². The maximum Gasteiger partial charge on any atom is 0.410 e. The Morgan fingerprint density at radius 3 is 2.56 bits per heavy atom. The number of amides is 2. The van der Waals surface area contributed by atoms with Crippen LogP contribution in [0.4, 0.5) is 4.79 Å². The van der Waals surface area contributed by atoms with Crippen LogP contribution in [0.1, 0.15) is 54.6 Å². The van der Waals surface area contributed by atoms with Gasteiger partial charge >= 0.3 is 6.09 Å². The fraction of sp³-hybridized carbons (Fsp3) is 0.462. The van der Waals surface area contributed by atoms with Gasteiger partial charge in [-0.1, -0.05) is 18.2 Å². The summed E-state index contributed by atoms with van der Waals surface area (Å²) in [5.74, 6) is 0.459. The van der Waals surface area contributed by atoms with E-state index < -0.39 is 15.6 Å². The van der Waals surface area contributed by atoms with Gasteiger partial charge in [0.2, 0.25) is 10.0 Å². The van der Waals surface area contributed by atoms with Crippen LogP contribution in [0.2, 0.25) is 0 Å². The van der Waals surface area contributed by atoms with Gasteiger partial charge in [0.1, 0.15) is 11.4 Å². The summed E-state index contributed by atoms with van der Waals surface area (Å²) in [7, 11) is -2.15. The molecule has 10 heteroatoms. The highest BCUT2D eigenvalue weighted by atomic mass is 32.2. The Kier molecular flexibility index (Phi) is 7.28. The largest absolute Gasteiger partial charge is 0.493 e. The van der Waals surface area contributed by atoms with Gasteiger partial charge in [-0.05, 0) is 75.5 Å². The average Bonchev–Trinajstić information content (AvgIpc) is 3.21. The Balaban J connectivity index is 1.54. The van der Waals surface area contributed by atoms with Gasteiger partial charge in [0.15, 0.2) is 0 Å².